The third-order valence-corrected chi connectivity index (χ3v) is 3.42. The van der Waals surface area contributed by atoms with Gasteiger partial charge in [-0.2, -0.15) is 9.90 Å². The maximum Gasteiger partial charge on any atom is 0.273 e. The molecule has 0 aliphatic rings. The number of hydrogen-bond donors (Lipinski definition) is 1. The summed E-state index contributed by atoms with van der Waals surface area (Å²) >= 11 is 0. The van der Waals surface area contributed by atoms with E-state index in [-0.39, 0.29) is 5.91 Å². The molecular formula is C15H20N4O. The summed E-state index contributed by atoms with van der Waals surface area (Å²) in [5, 5.41) is 11.2. The van der Waals surface area contributed by atoms with Gasteiger partial charge in [0, 0.05) is 6.54 Å². The summed E-state index contributed by atoms with van der Waals surface area (Å²) in [6, 6.07) is 9.53. The van der Waals surface area contributed by atoms with Gasteiger partial charge in [0.15, 0.2) is 5.69 Å². The van der Waals surface area contributed by atoms with E-state index in [9.17, 15) is 4.79 Å². The molecule has 106 valence electrons. The monoisotopic (exact) mass is 272 g/mol. The minimum absolute atomic E-state index is 0.168. The van der Waals surface area contributed by atoms with Gasteiger partial charge in [-0.05, 0) is 18.1 Å². The van der Waals surface area contributed by atoms with Gasteiger partial charge in [-0.1, -0.05) is 44.9 Å². The van der Waals surface area contributed by atoms with E-state index in [4.69, 9.17) is 0 Å². The second kappa shape index (κ2) is 6.84. The van der Waals surface area contributed by atoms with Gasteiger partial charge in [-0.3, -0.25) is 4.79 Å². The minimum Gasteiger partial charge on any atom is -0.350 e. The summed E-state index contributed by atoms with van der Waals surface area (Å²) in [5.74, 6) is 0.349. The molecule has 0 bridgehead atoms. The molecule has 0 radical (unpaired) electrons. The predicted molar refractivity (Wildman–Crippen MR) is 77.8 cm³/mol. The number of nitrogens with one attached hydrogen (secondary N) is 1. The molecule has 0 saturated heterocycles. The zero-order chi connectivity index (χ0) is 14.4. The molecule has 2 rings (SSSR count). The van der Waals surface area contributed by atoms with Gasteiger partial charge in [-0.25, -0.2) is 0 Å². The van der Waals surface area contributed by atoms with Crippen LogP contribution in [0.4, 0.5) is 0 Å². The second-order valence-corrected chi connectivity index (χ2v) is 4.75. The number of carbonyl (C=O) groups excluding carboxylic acids is 1. The number of nitrogens with zero attached hydrogens (tertiary/aromatic N) is 3. The Labute approximate surface area is 119 Å². The molecule has 0 aliphatic heterocycles. The molecule has 1 heterocycles. The van der Waals surface area contributed by atoms with E-state index in [1.165, 1.54) is 11.0 Å². The predicted octanol–water partition coefficient (Wildman–Crippen LogP) is 2.43. The molecule has 5 nitrogen and oxygen atoms in total. The first-order valence-electron chi connectivity index (χ1n) is 7.00. The highest BCUT2D eigenvalue weighted by molar-refractivity contribution is 5.91. The van der Waals surface area contributed by atoms with Crippen molar-refractivity contribution in [3.05, 3.63) is 42.2 Å². The number of amides is 1. The Morgan fingerprint density at radius 1 is 1.25 bits per heavy atom. The Kier molecular flexibility index (Phi) is 4.87. The van der Waals surface area contributed by atoms with Crippen LogP contribution < -0.4 is 5.32 Å². The quantitative estimate of drug-likeness (QED) is 0.878. The molecule has 5 heteroatoms. The van der Waals surface area contributed by atoms with Crippen molar-refractivity contribution in [2.75, 3.05) is 6.54 Å². The molecule has 0 fully saturated rings. The maximum absolute atomic E-state index is 12.0. The first kappa shape index (κ1) is 14.2. The summed E-state index contributed by atoms with van der Waals surface area (Å²) in [6.07, 6.45) is 3.62. The van der Waals surface area contributed by atoms with E-state index in [0.29, 0.717) is 18.2 Å². The van der Waals surface area contributed by atoms with Gasteiger partial charge in [-0.15, -0.1) is 5.10 Å². The van der Waals surface area contributed by atoms with Crippen LogP contribution in [0.3, 0.4) is 0 Å². The highest BCUT2D eigenvalue weighted by atomic mass is 16.2. The number of aromatic nitrogens is 3. The summed E-state index contributed by atoms with van der Waals surface area (Å²) in [7, 11) is 0. The van der Waals surface area contributed by atoms with Crippen LogP contribution in [0, 0.1) is 5.92 Å². The lowest BCUT2D eigenvalue weighted by Crippen LogP contribution is -2.29. The van der Waals surface area contributed by atoms with Crippen LogP contribution in [0.15, 0.2) is 36.5 Å². The topological polar surface area (TPSA) is 59.8 Å². The fourth-order valence-corrected chi connectivity index (χ4v) is 1.96. The van der Waals surface area contributed by atoms with Crippen molar-refractivity contribution >= 4 is 5.91 Å². The van der Waals surface area contributed by atoms with E-state index in [1.807, 2.05) is 30.3 Å². The molecular weight excluding hydrogens is 252 g/mol. The fourth-order valence-electron chi connectivity index (χ4n) is 1.96. The normalized spacial score (nSPS) is 10.8. The third-order valence-electron chi connectivity index (χ3n) is 3.42. The molecule has 0 unspecified atom stereocenters. The highest BCUT2D eigenvalue weighted by Crippen LogP contribution is 2.07. The lowest BCUT2D eigenvalue weighted by atomic mass is 10.0. The lowest BCUT2D eigenvalue weighted by Gasteiger charge is -2.12. The molecule has 0 aliphatic carbocycles. The van der Waals surface area contributed by atoms with Gasteiger partial charge in [0.2, 0.25) is 0 Å². The zero-order valence-corrected chi connectivity index (χ0v) is 11.9. The molecule has 20 heavy (non-hydrogen) atoms. The summed E-state index contributed by atoms with van der Waals surface area (Å²) in [6.45, 7) is 4.95. The summed E-state index contributed by atoms with van der Waals surface area (Å²) < 4.78 is 0. The molecule has 0 spiro atoms. The Balaban J connectivity index is 2.00. The zero-order valence-electron chi connectivity index (χ0n) is 11.9. The van der Waals surface area contributed by atoms with Crippen molar-refractivity contribution in [2.45, 2.75) is 26.7 Å². The van der Waals surface area contributed by atoms with Crippen LogP contribution in [-0.2, 0) is 0 Å². The van der Waals surface area contributed by atoms with E-state index < -0.39 is 0 Å². The van der Waals surface area contributed by atoms with Crippen molar-refractivity contribution in [2.24, 2.45) is 5.92 Å². The average Bonchev–Trinajstić information content (AvgIpc) is 2.99. The smallest absolute Gasteiger partial charge is 0.273 e. The van der Waals surface area contributed by atoms with Crippen LogP contribution in [-0.4, -0.2) is 27.4 Å². The van der Waals surface area contributed by atoms with Gasteiger partial charge in [0.25, 0.3) is 5.91 Å². The molecule has 2 aromatic rings. The minimum atomic E-state index is -0.168. The van der Waals surface area contributed by atoms with Crippen molar-refractivity contribution in [3.63, 3.8) is 0 Å². The number of hydrogen-bond acceptors (Lipinski definition) is 3. The molecule has 1 N–H and O–H groups in total. The standard InChI is InChI=1S/C15H20N4O/c1-3-12(4-2)10-16-15(20)14-11-17-19(18-14)13-8-6-5-7-9-13/h5-9,11-12H,3-4,10H2,1-2H3,(H,16,20). The Morgan fingerprint density at radius 3 is 2.60 bits per heavy atom. The Morgan fingerprint density at radius 2 is 1.95 bits per heavy atom. The lowest BCUT2D eigenvalue weighted by molar-refractivity contribution is 0.0941. The number of carbonyl (C=O) groups is 1. The van der Waals surface area contributed by atoms with Gasteiger partial charge in [0.1, 0.15) is 0 Å². The number of benzene rings is 1. The third kappa shape index (κ3) is 3.44. The average molecular weight is 272 g/mol. The second-order valence-electron chi connectivity index (χ2n) is 4.75. The van der Waals surface area contributed by atoms with Crippen molar-refractivity contribution in [3.8, 4) is 5.69 Å². The van der Waals surface area contributed by atoms with E-state index in [2.05, 4.69) is 29.4 Å². The number of rotatable bonds is 6. The van der Waals surface area contributed by atoms with Crippen molar-refractivity contribution in [1.29, 1.82) is 0 Å². The van der Waals surface area contributed by atoms with Gasteiger partial charge < -0.3 is 5.32 Å². The molecule has 1 amide bonds. The fraction of sp³-hybridized carbons (Fsp3) is 0.400. The molecule has 0 atom stereocenters. The summed E-state index contributed by atoms with van der Waals surface area (Å²) in [5.41, 5.74) is 1.19. The first-order valence-corrected chi connectivity index (χ1v) is 7.00. The van der Waals surface area contributed by atoms with Crippen LogP contribution in [0.5, 0.6) is 0 Å². The summed E-state index contributed by atoms with van der Waals surface area (Å²) in [4.78, 5) is 13.5. The van der Waals surface area contributed by atoms with E-state index in [0.717, 1.165) is 18.5 Å². The SMILES string of the molecule is CCC(CC)CNC(=O)c1cnn(-c2ccccc2)n1. The Bertz CT molecular complexity index is 546. The van der Waals surface area contributed by atoms with Crippen LogP contribution in [0.1, 0.15) is 37.2 Å². The van der Waals surface area contributed by atoms with E-state index >= 15 is 0 Å². The van der Waals surface area contributed by atoms with Gasteiger partial charge >= 0.3 is 0 Å². The van der Waals surface area contributed by atoms with E-state index in [1.54, 1.807) is 0 Å². The molecule has 1 aromatic carbocycles. The van der Waals surface area contributed by atoms with Crippen molar-refractivity contribution in [1.82, 2.24) is 20.3 Å². The van der Waals surface area contributed by atoms with Crippen LogP contribution in [0.25, 0.3) is 5.69 Å². The highest BCUT2D eigenvalue weighted by Gasteiger charge is 2.12. The molecule has 1 aromatic heterocycles. The van der Waals surface area contributed by atoms with Crippen LogP contribution in [0.2, 0.25) is 0 Å². The Hall–Kier alpha value is -2.17. The largest absolute Gasteiger partial charge is 0.350 e. The molecule has 0 saturated carbocycles. The first-order chi connectivity index (χ1) is 9.74. The van der Waals surface area contributed by atoms with Crippen molar-refractivity contribution < 1.29 is 4.79 Å². The number of para-hydroxylation sites is 1. The van der Waals surface area contributed by atoms with Crippen LogP contribution >= 0.6 is 0 Å². The maximum atomic E-state index is 12.0. The van der Waals surface area contributed by atoms with Gasteiger partial charge in [0.05, 0.1) is 11.9 Å².